The van der Waals surface area contributed by atoms with Crippen LogP contribution in [0.2, 0.25) is 0 Å². The van der Waals surface area contributed by atoms with Gasteiger partial charge in [0.2, 0.25) is 0 Å². The van der Waals surface area contributed by atoms with Gasteiger partial charge >= 0.3 is 5.97 Å². The maximum Gasteiger partial charge on any atom is 0.337 e. The first-order chi connectivity index (χ1) is 17.9. The summed E-state index contributed by atoms with van der Waals surface area (Å²) >= 11 is 0. The summed E-state index contributed by atoms with van der Waals surface area (Å²) in [6.07, 6.45) is 0.942. The van der Waals surface area contributed by atoms with Gasteiger partial charge in [0.15, 0.2) is 5.78 Å². The molecule has 1 heterocycles. The van der Waals surface area contributed by atoms with Crippen LogP contribution < -0.4 is 5.32 Å². The number of ether oxygens (including phenoxy) is 1. The number of hydrogen-bond donors (Lipinski definition) is 1. The van der Waals surface area contributed by atoms with E-state index in [1.807, 2.05) is 60.7 Å². The number of allylic oxidation sites excluding steroid dienone is 3. The second-order valence-corrected chi connectivity index (χ2v) is 9.34. The second kappa shape index (κ2) is 10.2. The van der Waals surface area contributed by atoms with Crippen molar-refractivity contribution in [3.63, 3.8) is 0 Å². The zero-order valence-electron chi connectivity index (χ0n) is 20.3. The third kappa shape index (κ3) is 4.93. The summed E-state index contributed by atoms with van der Waals surface area (Å²) in [5.41, 5.74) is 4.78. The number of benzene rings is 3. The van der Waals surface area contributed by atoms with Crippen molar-refractivity contribution in [2.75, 3.05) is 0 Å². The van der Waals surface area contributed by atoms with E-state index in [0.29, 0.717) is 35.2 Å². The molecule has 0 amide bonds. The molecule has 7 nitrogen and oxygen atoms in total. The third-order valence-corrected chi connectivity index (χ3v) is 6.97. The van der Waals surface area contributed by atoms with E-state index in [4.69, 9.17) is 4.74 Å². The lowest BCUT2D eigenvalue weighted by molar-refractivity contribution is -0.384. The fourth-order valence-corrected chi connectivity index (χ4v) is 5.19. The number of ketones is 1. The molecule has 1 aliphatic heterocycles. The minimum Gasteiger partial charge on any atom is -0.457 e. The average Bonchev–Trinajstić information content (AvgIpc) is 2.92. The molecule has 0 aromatic heterocycles. The number of carbonyl (C=O) groups excluding carboxylic acids is 2. The SMILES string of the molecule is CC1=C(C(=O)OCc2ccccc2)[C@@H](c2ccc([N+](=O)[O-])cc2)C2=C(C[C@@H](c3ccccc3)CC2=O)N1. The highest BCUT2D eigenvalue weighted by Crippen LogP contribution is 2.46. The van der Waals surface area contributed by atoms with Gasteiger partial charge < -0.3 is 10.1 Å². The second-order valence-electron chi connectivity index (χ2n) is 9.34. The predicted molar refractivity (Wildman–Crippen MR) is 138 cm³/mol. The third-order valence-electron chi connectivity index (χ3n) is 6.97. The number of hydrogen-bond acceptors (Lipinski definition) is 6. The first kappa shape index (κ1) is 24.2. The van der Waals surface area contributed by atoms with Gasteiger partial charge in [-0.15, -0.1) is 0 Å². The number of rotatable bonds is 6. The number of nitrogens with one attached hydrogen (secondary N) is 1. The maximum absolute atomic E-state index is 13.6. The molecule has 186 valence electrons. The lowest BCUT2D eigenvalue weighted by Crippen LogP contribution is -2.36. The molecule has 1 aliphatic carbocycles. The van der Waals surface area contributed by atoms with E-state index < -0.39 is 16.8 Å². The average molecular weight is 495 g/mol. The molecule has 0 spiro atoms. The smallest absolute Gasteiger partial charge is 0.337 e. The summed E-state index contributed by atoms with van der Waals surface area (Å²) in [6.45, 7) is 1.90. The van der Waals surface area contributed by atoms with Crippen molar-refractivity contribution in [1.82, 2.24) is 5.32 Å². The summed E-state index contributed by atoms with van der Waals surface area (Å²) in [4.78, 5) is 37.9. The lowest BCUT2D eigenvalue weighted by Gasteiger charge is -2.36. The zero-order valence-corrected chi connectivity index (χ0v) is 20.3. The first-order valence-corrected chi connectivity index (χ1v) is 12.2. The van der Waals surface area contributed by atoms with Crippen molar-refractivity contribution >= 4 is 17.4 Å². The Kier molecular flexibility index (Phi) is 6.68. The molecule has 0 fully saturated rings. The van der Waals surface area contributed by atoms with Gasteiger partial charge in [-0.05, 0) is 36.0 Å². The summed E-state index contributed by atoms with van der Waals surface area (Å²) in [7, 11) is 0. The predicted octanol–water partition coefficient (Wildman–Crippen LogP) is 5.70. The van der Waals surface area contributed by atoms with Crippen LogP contribution in [0.3, 0.4) is 0 Å². The van der Waals surface area contributed by atoms with E-state index >= 15 is 0 Å². The number of nitro benzene ring substituents is 1. The molecule has 0 radical (unpaired) electrons. The van der Waals surface area contributed by atoms with Gasteiger partial charge in [0.25, 0.3) is 5.69 Å². The number of nitrogens with zero attached hydrogens (tertiary/aromatic N) is 1. The van der Waals surface area contributed by atoms with E-state index in [1.54, 1.807) is 19.1 Å². The molecule has 0 saturated carbocycles. The van der Waals surface area contributed by atoms with Crippen molar-refractivity contribution in [1.29, 1.82) is 0 Å². The van der Waals surface area contributed by atoms with Crippen molar-refractivity contribution in [2.24, 2.45) is 0 Å². The molecule has 7 heteroatoms. The molecule has 2 atom stereocenters. The van der Waals surface area contributed by atoms with Gasteiger partial charge in [0.1, 0.15) is 6.61 Å². The van der Waals surface area contributed by atoms with Crippen LogP contribution in [0.25, 0.3) is 0 Å². The Morgan fingerprint density at radius 1 is 0.946 bits per heavy atom. The van der Waals surface area contributed by atoms with Crippen molar-refractivity contribution < 1.29 is 19.2 Å². The topological polar surface area (TPSA) is 98.5 Å². The fraction of sp³-hybridized carbons (Fsp3) is 0.200. The fourth-order valence-electron chi connectivity index (χ4n) is 5.19. The van der Waals surface area contributed by atoms with E-state index in [9.17, 15) is 19.7 Å². The Morgan fingerprint density at radius 3 is 2.24 bits per heavy atom. The Balaban J connectivity index is 1.52. The first-order valence-electron chi connectivity index (χ1n) is 12.2. The Hall–Kier alpha value is -4.52. The molecule has 0 bridgehead atoms. The Morgan fingerprint density at radius 2 is 1.59 bits per heavy atom. The number of non-ortho nitro benzene ring substituents is 1. The van der Waals surface area contributed by atoms with Crippen LogP contribution in [0.5, 0.6) is 0 Å². The van der Waals surface area contributed by atoms with Crippen molar-refractivity contribution in [3.8, 4) is 0 Å². The van der Waals surface area contributed by atoms with Crippen LogP contribution in [-0.4, -0.2) is 16.7 Å². The molecule has 0 saturated heterocycles. The quantitative estimate of drug-likeness (QED) is 0.268. The molecule has 2 aliphatic rings. The number of esters is 1. The number of dihydropyridines is 1. The Labute approximate surface area is 214 Å². The van der Waals surface area contributed by atoms with Gasteiger partial charge in [0, 0.05) is 41.4 Å². The molecule has 3 aromatic carbocycles. The maximum atomic E-state index is 13.6. The van der Waals surface area contributed by atoms with E-state index in [1.165, 1.54) is 12.1 Å². The zero-order chi connectivity index (χ0) is 25.9. The van der Waals surface area contributed by atoms with Crippen LogP contribution in [0.1, 0.15) is 48.3 Å². The van der Waals surface area contributed by atoms with Crippen LogP contribution in [0.4, 0.5) is 5.69 Å². The van der Waals surface area contributed by atoms with Crippen molar-refractivity contribution in [3.05, 3.63) is 134 Å². The van der Waals surface area contributed by atoms with E-state index in [-0.39, 0.29) is 24.0 Å². The summed E-state index contributed by atoms with van der Waals surface area (Å²) in [5, 5.41) is 14.6. The Bertz CT molecular complexity index is 1410. The molecule has 37 heavy (non-hydrogen) atoms. The summed E-state index contributed by atoms with van der Waals surface area (Å²) in [6, 6.07) is 25.3. The highest BCUT2D eigenvalue weighted by molar-refractivity contribution is 6.04. The molecular formula is C30H26N2O5. The van der Waals surface area contributed by atoms with Crippen LogP contribution in [0, 0.1) is 10.1 Å². The van der Waals surface area contributed by atoms with Gasteiger partial charge in [-0.1, -0.05) is 72.8 Å². The number of nitro groups is 1. The summed E-state index contributed by atoms with van der Waals surface area (Å²) < 4.78 is 5.68. The lowest BCUT2D eigenvalue weighted by atomic mass is 9.71. The minimum absolute atomic E-state index is 0.0249. The molecular weight excluding hydrogens is 468 g/mol. The van der Waals surface area contributed by atoms with E-state index in [0.717, 1.165) is 16.8 Å². The normalized spacial score (nSPS) is 19.2. The standard InChI is InChI=1S/C30H26N2O5/c1-19-27(30(34)37-18-20-8-4-2-5-9-20)28(22-12-14-24(15-13-22)32(35)36)29-25(31-19)16-23(17-26(29)33)21-10-6-3-7-11-21/h2-15,23,28,31H,16-18H2,1H3/t23-,28-/m1/s1. The monoisotopic (exact) mass is 494 g/mol. The van der Waals surface area contributed by atoms with Crippen LogP contribution in [0.15, 0.2) is 107 Å². The minimum atomic E-state index is -0.676. The van der Waals surface area contributed by atoms with Gasteiger partial charge in [0.05, 0.1) is 10.5 Å². The van der Waals surface area contributed by atoms with Gasteiger partial charge in [-0.3, -0.25) is 14.9 Å². The number of carbonyl (C=O) groups is 2. The largest absolute Gasteiger partial charge is 0.457 e. The molecule has 5 rings (SSSR count). The highest BCUT2D eigenvalue weighted by atomic mass is 16.6. The molecule has 1 N–H and O–H groups in total. The van der Waals surface area contributed by atoms with Crippen molar-refractivity contribution in [2.45, 2.75) is 38.2 Å². The number of Topliss-reactive ketones (excluding diaryl/α,β-unsaturated/α-hetero) is 1. The van der Waals surface area contributed by atoms with Gasteiger partial charge in [-0.2, -0.15) is 0 Å². The van der Waals surface area contributed by atoms with Crippen LogP contribution >= 0.6 is 0 Å². The van der Waals surface area contributed by atoms with E-state index in [2.05, 4.69) is 5.32 Å². The molecule has 3 aromatic rings. The van der Waals surface area contributed by atoms with Crippen LogP contribution in [-0.2, 0) is 20.9 Å². The van der Waals surface area contributed by atoms with Gasteiger partial charge in [-0.25, -0.2) is 4.79 Å². The highest BCUT2D eigenvalue weighted by Gasteiger charge is 2.41. The molecule has 0 unspecified atom stereocenters. The summed E-state index contributed by atoms with van der Waals surface area (Å²) in [5.74, 6) is -1.23.